The fourth-order valence-corrected chi connectivity index (χ4v) is 1.29. The Labute approximate surface area is 82.7 Å². The Morgan fingerprint density at radius 2 is 2.07 bits per heavy atom. The molecule has 0 saturated carbocycles. The highest BCUT2D eigenvalue weighted by Gasteiger charge is 2.13. The van der Waals surface area contributed by atoms with Gasteiger partial charge in [0, 0.05) is 17.7 Å². The Balaban J connectivity index is 3.20. The minimum absolute atomic E-state index is 0.106. The minimum Gasteiger partial charge on any atom is -0.496 e. The number of hydrogen-bond acceptors (Lipinski definition) is 3. The van der Waals surface area contributed by atoms with E-state index in [0.29, 0.717) is 5.75 Å². The zero-order valence-electron chi connectivity index (χ0n) is 8.48. The van der Waals surface area contributed by atoms with Gasteiger partial charge in [-0.05, 0) is 12.0 Å². The molecule has 0 saturated heterocycles. The lowest BCUT2D eigenvalue weighted by Gasteiger charge is -2.10. The minimum atomic E-state index is -0.397. The van der Waals surface area contributed by atoms with Crippen molar-refractivity contribution in [3.05, 3.63) is 33.9 Å². The van der Waals surface area contributed by atoms with Crippen LogP contribution < -0.4 is 4.74 Å². The summed E-state index contributed by atoms with van der Waals surface area (Å²) in [5.74, 6) is 0.912. The first-order valence-corrected chi connectivity index (χ1v) is 4.38. The van der Waals surface area contributed by atoms with Crippen molar-refractivity contribution in [2.24, 2.45) is 0 Å². The Morgan fingerprint density at radius 3 is 2.50 bits per heavy atom. The lowest BCUT2D eigenvalue weighted by Crippen LogP contribution is -1.96. The van der Waals surface area contributed by atoms with E-state index in [1.807, 2.05) is 13.8 Å². The van der Waals surface area contributed by atoms with Crippen LogP contribution in [-0.4, -0.2) is 12.0 Å². The molecule has 1 rings (SSSR count). The Kier molecular flexibility index (Phi) is 3.06. The standard InChI is InChI=1S/C10H13NO3/c1-7(2)9-6-8(11(12)13)4-5-10(9)14-3/h4-7H,1-3H3. The summed E-state index contributed by atoms with van der Waals surface area (Å²) in [5, 5.41) is 10.5. The molecule has 0 aliphatic carbocycles. The van der Waals surface area contributed by atoms with Crippen molar-refractivity contribution in [1.82, 2.24) is 0 Å². The lowest BCUT2D eigenvalue weighted by molar-refractivity contribution is -0.384. The van der Waals surface area contributed by atoms with Crippen LogP contribution >= 0.6 is 0 Å². The molecule has 4 nitrogen and oxygen atoms in total. The van der Waals surface area contributed by atoms with Crippen LogP contribution in [0.25, 0.3) is 0 Å². The highest BCUT2D eigenvalue weighted by molar-refractivity contribution is 5.45. The molecule has 76 valence electrons. The largest absolute Gasteiger partial charge is 0.496 e. The number of hydrogen-bond donors (Lipinski definition) is 0. The monoisotopic (exact) mass is 195 g/mol. The number of ether oxygens (including phenoxy) is 1. The zero-order valence-corrected chi connectivity index (χ0v) is 8.48. The highest BCUT2D eigenvalue weighted by Crippen LogP contribution is 2.29. The third-order valence-corrected chi connectivity index (χ3v) is 2.05. The molecular weight excluding hydrogens is 182 g/mol. The van der Waals surface area contributed by atoms with Gasteiger partial charge in [0.05, 0.1) is 12.0 Å². The molecule has 0 atom stereocenters. The van der Waals surface area contributed by atoms with Gasteiger partial charge in [0.25, 0.3) is 5.69 Å². The molecule has 0 aliphatic heterocycles. The number of nitro benzene ring substituents is 1. The summed E-state index contributed by atoms with van der Waals surface area (Å²) < 4.78 is 5.12. The van der Waals surface area contributed by atoms with Gasteiger partial charge in [-0.2, -0.15) is 0 Å². The summed E-state index contributed by atoms with van der Waals surface area (Å²) in [6, 6.07) is 4.64. The third-order valence-electron chi connectivity index (χ3n) is 2.05. The van der Waals surface area contributed by atoms with Gasteiger partial charge < -0.3 is 4.74 Å². The van der Waals surface area contributed by atoms with E-state index in [0.717, 1.165) is 5.56 Å². The maximum Gasteiger partial charge on any atom is 0.269 e. The normalized spacial score (nSPS) is 10.3. The van der Waals surface area contributed by atoms with Crippen LogP contribution in [-0.2, 0) is 0 Å². The maximum atomic E-state index is 10.5. The van der Waals surface area contributed by atoms with Crippen molar-refractivity contribution >= 4 is 5.69 Å². The van der Waals surface area contributed by atoms with E-state index in [-0.39, 0.29) is 11.6 Å². The van der Waals surface area contributed by atoms with Gasteiger partial charge in [0.15, 0.2) is 0 Å². The molecule has 0 amide bonds. The fourth-order valence-electron chi connectivity index (χ4n) is 1.29. The van der Waals surface area contributed by atoms with Crippen LogP contribution in [0.3, 0.4) is 0 Å². The van der Waals surface area contributed by atoms with Crippen LogP contribution in [0.5, 0.6) is 5.75 Å². The molecule has 4 heteroatoms. The molecule has 0 aromatic heterocycles. The number of rotatable bonds is 3. The van der Waals surface area contributed by atoms with Crippen LogP contribution in [0, 0.1) is 10.1 Å². The highest BCUT2D eigenvalue weighted by atomic mass is 16.6. The summed E-state index contributed by atoms with van der Waals surface area (Å²) in [5.41, 5.74) is 0.969. The molecule has 0 heterocycles. The Hall–Kier alpha value is -1.58. The molecule has 0 unspecified atom stereocenters. The van der Waals surface area contributed by atoms with Crippen molar-refractivity contribution in [3.8, 4) is 5.75 Å². The number of nitrogens with zero attached hydrogens (tertiary/aromatic N) is 1. The van der Waals surface area contributed by atoms with Gasteiger partial charge in [-0.1, -0.05) is 13.8 Å². The van der Waals surface area contributed by atoms with Crippen LogP contribution in [0.2, 0.25) is 0 Å². The fraction of sp³-hybridized carbons (Fsp3) is 0.400. The molecule has 14 heavy (non-hydrogen) atoms. The summed E-state index contributed by atoms with van der Waals surface area (Å²) >= 11 is 0. The first-order valence-electron chi connectivity index (χ1n) is 4.38. The second kappa shape index (κ2) is 4.09. The third kappa shape index (κ3) is 2.02. The van der Waals surface area contributed by atoms with Crippen molar-refractivity contribution < 1.29 is 9.66 Å². The zero-order chi connectivity index (χ0) is 10.7. The summed E-state index contributed by atoms with van der Waals surface area (Å²) in [4.78, 5) is 10.1. The van der Waals surface area contributed by atoms with Gasteiger partial charge in [-0.15, -0.1) is 0 Å². The average Bonchev–Trinajstić information content (AvgIpc) is 2.16. The predicted molar refractivity (Wildman–Crippen MR) is 53.7 cm³/mol. The molecule has 1 aromatic rings. The van der Waals surface area contributed by atoms with Crippen LogP contribution in [0.4, 0.5) is 5.69 Å². The molecule has 1 aromatic carbocycles. The molecule has 0 bridgehead atoms. The molecule has 0 radical (unpaired) electrons. The number of benzene rings is 1. The molecule has 0 spiro atoms. The maximum absolute atomic E-state index is 10.5. The van der Waals surface area contributed by atoms with Gasteiger partial charge in [0.1, 0.15) is 5.75 Å². The summed E-state index contributed by atoms with van der Waals surface area (Å²) in [7, 11) is 1.56. The smallest absolute Gasteiger partial charge is 0.269 e. The number of non-ortho nitro benzene ring substituents is 1. The van der Waals surface area contributed by atoms with Gasteiger partial charge in [-0.25, -0.2) is 0 Å². The van der Waals surface area contributed by atoms with Crippen molar-refractivity contribution in [1.29, 1.82) is 0 Å². The van der Waals surface area contributed by atoms with E-state index in [4.69, 9.17) is 4.74 Å². The summed E-state index contributed by atoms with van der Waals surface area (Å²) in [6.45, 7) is 3.95. The topological polar surface area (TPSA) is 52.4 Å². The van der Waals surface area contributed by atoms with Crippen molar-refractivity contribution in [3.63, 3.8) is 0 Å². The second-order valence-corrected chi connectivity index (χ2v) is 3.34. The van der Waals surface area contributed by atoms with E-state index in [9.17, 15) is 10.1 Å². The van der Waals surface area contributed by atoms with Crippen LogP contribution in [0.15, 0.2) is 18.2 Å². The van der Waals surface area contributed by atoms with Crippen molar-refractivity contribution in [2.75, 3.05) is 7.11 Å². The van der Waals surface area contributed by atoms with E-state index in [1.54, 1.807) is 19.2 Å². The van der Waals surface area contributed by atoms with Crippen molar-refractivity contribution in [2.45, 2.75) is 19.8 Å². The SMILES string of the molecule is COc1ccc([N+](=O)[O-])cc1C(C)C. The van der Waals surface area contributed by atoms with Crippen LogP contribution in [0.1, 0.15) is 25.3 Å². The summed E-state index contributed by atoms with van der Waals surface area (Å²) in [6.07, 6.45) is 0. The van der Waals surface area contributed by atoms with Gasteiger partial charge in [-0.3, -0.25) is 10.1 Å². The molecule has 0 aliphatic rings. The van der Waals surface area contributed by atoms with E-state index >= 15 is 0 Å². The van der Waals surface area contributed by atoms with E-state index in [1.165, 1.54) is 6.07 Å². The number of nitro groups is 1. The Morgan fingerprint density at radius 1 is 1.43 bits per heavy atom. The molecule has 0 N–H and O–H groups in total. The number of methoxy groups -OCH3 is 1. The molecular formula is C10H13NO3. The molecule has 0 fully saturated rings. The van der Waals surface area contributed by atoms with E-state index in [2.05, 4.69) is 0 Å². The second-order valence-electron chi connectivity index (χ2n) is 3.34. The Bertz CT molecular complexity index is 347. The average molecular weight is 195 g/mol. The first-order chi connectivity index (χ1) is 6.56. The first kappa shape index (κ1) is 10.5. The lowest BCUT2D eigenvalue weighted by atomic mass is 10.0. The predicted octanol–water partition coefficient (Wildman–Crippen LogP) is 2.73. The van der Waals surface area contributed by atoms with E-state index < -0.39 is 4.92 Å². The van der Waals surface area contributed by atoms with Gasteiger partial charge in [0.2, 0.25) is 0 Å². The van der Waals surface area contributed by atoms with Gasteiger partial charge >= 0.3 is 0 Å². The quantitative estimate of drug-likeness (QED) is 0.550.